The Morgan fingerprint density at radius 1 is 1.14 bits per heavy atom. The van der Waals surface area contributed by atoms with Crippen LogP contribution < -0.4 is 4.74 Å². The van der Waals surface area contributed by atoms with E-state index in [0.29, 0.717) is 42.1 Å². The highest BCUT2D eigenvalue weighted by molar-refractivity contribution is 6.33. The molecular weight excluding hydrogens is 560 g/mol. The van der Waals surface area contributed by atoms with E-state index in [1.807, 2.05) is 53.4 Å². The van der Waals surface area contributed by atoms with E-state index in [2.05, 4.69) is 17.7 Å². The topological polar surface area (TPSA) is 120 Å². The molecule has 4 atom stereocenters. The van der Waals surface area contributed by atoms with E-state index in [9.17, 15) is 10.2 Å². The molecule has 3 aromatic heterocycles. The van der Waals surface area contributed by atoms with Crippen LogP contribution in [0.4, 0.5) is 0 Å². The van der Waals surface area contributed by atoms with Gasteiger partial charge in [-0.05, 0) is 32.0 Å². The summed E-state index contributed by atoms with van der Waals surface area (Å²) < 4.78 is 21.4. The molecular formula is C30H33ClN6O5. The van der Waals surface area contributed by atoms with Gasteiger partial charge in [-0.25, -0.2) is 9.67 Å². The van der Waals surface area contributed by atoms with Crippen molar-refractivity contribution in [2.24, 2.45) is 0 Å². The number of hydrogen-bond donors (Lipinski definition) is 2. The van der Waals surface area contributed by atoms with Gasteiger partial charge < -0.3 is 24.4 Å². The Labute approximate surface area is 247 Å². The third kappa shape index (κ3) is 5.00. The highest BCUT2D eigenvalue weighted by Crippen LogP contribution is 2.34. The van der Waals surface area contributed by atoms with Crippen molar-refractivity contribution in [3.63, 3.8) is 0 Å². The van der Waals surface area contributed by atoms with Crippen LogP contribution in [0.1, 0.15) is 25.1 Å². The highest BCUT2D eigenvalue weighted by Gasteiger charge is 2.49. The quantitative estimate of drug-likeness (QED) is 0.297. The fourth-order valence-corrected chi connectivity index (χ4v) is 6.32. The molecule has 2 saturated heterocycles. The van der Waals surface area contributed by atoms with E-state index in [0.717, 1.165) is 35.6 Å². The van der Waals surface area contributed by atoms with Gasteiger partial charge in [0.1, 0.15) is 18.3 Å². The Hall–Kier alpha value is -3.32. The fraction of sp³-hybridized carbons (Fsp3) is 0.433. The summed E-state index contributed by atoms with van der Waals surface area (Å²) in [5.41, 5.74) is 5.07. The van der Waals surface area contributed by atoms with Crippen molar-refractivity contribution in [2.45, 2.75) is 63.5 Å². The maximum absolute atomic E-state index is 10.1. The molecule has 6 heterocycles. The zero-order valence-electron chi connectivity index (χ0n) is 23.5. The molecule has 0 radical (unpaired) electrons. The van der Waals surface area contributed by atoms with Gasteiger partial charge >= 0.3 is 0 Å². The number of aliphatic hydroxyl groups is 2. The molecule has 42 heavy (non-hydrogen) atoms. The summed E-state index contributed by atoms with van der Waals surface area (Å²) in [6, 6.07) is 10.1. The summed E-state index contributed by atoms with van der Waals surface area (Å²) in [5, 5.41) is 25.5. The van der Waals surface area contributed by atoms with Gasteiger partial charge in [-0.3, -0.25) is 9.47 Å². The van der Waals surface area contributed by atoms with Crippen LogP contribution in [0.3, 0.4) is 0 Å². The normalized spacial score (nSPS) is 23.9. The van der Waals surface area contributed by atoms with Crippen LogP contribution in [-0.4, -0.2) is 89.2 Å². The second-order valence-corrected chi connectivity index (χ2v) is 12.2. The molecule has 1 aromatic carbocycles. The van der Waals surface area contributed by atoms with Crippen LogP contribution in [0.15, 0.2) is 49.2 Å². The summed E-state index contributed by atoms with van der Waals surface area (Å²) >= 11 is 6.77. The Kier molecular flexibility index (Phi) is 6.84. The first-order chi connectivity index (χ1) is 20.2. The molecule has 0 spiro atoms. The summed E-state index contributed by atoms with van der Waals surface area (Å²) in [6.07, 6.45) is 2.00. The minimum Gasteiger partial charge on any atom is -0.456 e. The first kappa shape index (κ1) is 27.5. The molecule has 7 rings (SSSR count). The number of ether oxygens (including phenoxy) is 3. The number of allylic oxidation sites excluding steroid dienone is 1. The first-order valence-corrected chi connectivity index (χ1v) is 14.4. The number of fused-ring (bicyclic) bond motifs is 3. The van der Waals surface area contributed by atoms with E-state index >= 15 is 0 Å². The predicted octanol–water partition coefficient (Wildman–Crippen LogP) is 3.12. The Morgan fingerprint density at radius 3 is 2.67 bits per heavy atom. The van der Waals surface area contributed by atoms with Crippen LogP contribution in [0.2, 0.25) is 5.02 Å². The number of aromatic nitrogens is 5. The molecule has 11 nitrogen and oxygen atoms in total. The lowest BCUT2D eigenvalue weighted by Gasteiger charge is -2.24. The number of pyridine rings is 1. The minimum atomic E-state index is -0.741. The maximum Gasteiger partial charge on any atom is 0.299 e. The third-order valence-electron chi connectivity index (χ3n) is 7.87. The van der Waals surface area contributed by atoms with Crippen LogP contribution in [0.5, 0.6) is 6.01 Å². The molecule has 0 unspecified atom stereocenters. The monoisotopic (exact) mass is 592 g/mol. The number of hydrogen-bond acceptors (Lipinski definition) is 9. The summed E-state index contributed by atoms with van der Waals surface area (Å²) in [5.74, 6) is 0. The van der Waals surface area contributed by atoms with Crippen molar-refractivity contribution in [3.8, 4) is 23.0 Å². The van der Waals surface area contributed by atoms with Gasteiger partial charge in [0.15, 0.2) is 11.8 Å². The van der Waals surface area contributed by atoms with Crippen molar-refractivity contribution >= 4 is 22.8 Å². The maximum atomic E-state index is 10.1. The number of benzene rings is 1. The smallest absolute Gasteiger partial charge is 0.299 e. The van der Waals surface area contributed by atoms with Crippen LogP contribution in [0.25, 0.3) is 28.1 Å². The Bertz CT molecular complexity index is 1620. The second kappa shape index (κ2) is 10.4. The fourth-order valence-electron chi connectivity index (χ4n) is 6.07. The van der Waals surface area contributed by atoms with Crippen molar-refractivity contribution in [1.29, 1.82) is 0 Å². The SMILES string of the molecule is C=CCn1c(O[C@@H]2CO[C@H]3[C@@H]2OC[C@H]3O)nc2nc(-c3ccc(-n4cc5c(n4)CN(CC(C)(C)O)C5)cc3)c(Cl)cc21. The van der Waals surface area contributed by atoms with Gasteiger partial charge in [-0.2, -0.15) is 10.1 Å². The predicted molar refractivity (Wildman–Crippen MR) is 156 cm³/mol. The second-order valence-electron chi connectivity index (χ2n) is 11.8. The van der Waals surface area contributed by atoms with E-state index in [1.54, 1.807) is 6.08 Å². The number of halogens is 1. The molecule has 3 aliphatic heterocycles. The van der Waals surface area contributed by atoms with Gasteiger partial charge in [0.05, 0.1) is 46.4 Å². The molecule has 0 bridgehead atoms. The van der Waals surface area contributed by atoms with E-state index in [-0.39, 0.29) is 12.7 Å². The summed E-state index contributed by atoms with van der Waals surface area (Å²) in [4.78, 5) is 11.7. The molecule has 220 valence electrons. The first-order valence-electron chi connectivity index (χ1n) is 14.1. The zero-order chi connectivity index (χ0) is 29.2. The van der Waals surface area contributed by atoms with Crippen LogP contribution in [0, 0.1) is 0 Å². The number of aliphatic hydroxyl groups excluding tert-OH is 1. The molecule has 2 fully saturated rings. The third-order valence-corrected chi connectivity index (χ3v) is 8.16. The van der Waals surface area contributed by atoms with E-state index in [4.69, 9.17) is 40.9 Å². The number of imidazole rings is 1. The Morgan fingerprint density at radius 2 is 1.93 bits per heavy atom. The molecule has 4 aromatic rings. The van der Waals surface area contributed by atoms with Gasteiger partial charge in [0.25, 0.3) is 6.01 Å². The molecule has 3 aliphatic rings. The number of β-amino-alcohol motifs (C(OH)–C–C–N with tert-alkyl or cyclic N) is 1. The largest absolute Gasteiger partial charge is 0.456 e. The van der Waals surface area contributed by atoms with Gasteiger partial charge in [0, 0.05) is 43.5 Å². The van der Waals surface area contributed by atoms with Gasteiger partial charge in [-0.1, -0.05) is 29.8 Å². The number of nitrogens with zero attached hydrogens (tertiary/aromatic N) is 6. The molecule has 2 N–H and O–H groups in total. The van der Waals surface area contributed by atoms with E-state index < -0.39 is 23.9 Å². The van der Waals surface area contributed by atoms with Crippen molar-refractivity contribution in [1.82, 2.24) is 29.2 Å². The molecule has 0 aliphatic carbocycles. The minimum absolute atomic E-state index is 0.224. The lowest BCUT2D eigenvalue weighted by Crippen LogP contribution is -2.35. The summed E-state index contributed by atoms with van der Waals surface area (Å²) in [7, 11) is 0. The highest BCUT2D eigenvalue weighted by atomic mass is 35.5. The average molecular weight is 593 g/mol. The number of rotatable bonds is 8. The van der Waals surface area contributed by atoms with E-state index in [1.165, 1.54) is 5.56 Å². The lowest BCUT2D eigenvalue weighted by atomic mass is 10.1. The van der Waals surface area contributed by atoms with Crippen LogP contribution in [-0.2, 0) is 29.1 Å². The van der Waals surface area contributed by atoms with Crippen LogP contribution >= 0.6 is 11.6 Å². The zero-order valence-corrected chi connectivity index (χ0v) is 24.2. The van der Waals surface area contributed by atoms with Gasteiger partial charge in [-0.15, -0.1) is 6.58 Å². The van der Waals surface area contributed by atoms with Crippen molar-refractivity contribution in [2.75, 3.05) is 19.8 Å². The molecule has 12 heteroatoms. The molecule has 0 amide bonds. The molecule has 0 saturated carbocycles. The lowest BCUT2D eigenvalue weighted by molar-refractivity contribution is 0.00622. The summed E-state index contributed by atoms with van der Waals surface area (Å²) in [6.45, 7) is 10.6. The standard InChI is InChI=1S/C30H33ClN6O5/c1-4-9-36-22-10-20(31)25(32-28(22)33-29(36)42-24-15-41-26-23(38)14-40-27(24)26)17-5-7-19(8-6-17)37-12-18-11-35(13-21(18)34-37)16-30(2,3)39/h4-8,10,12,23-24,26-27,38-39H,1,9,11,13-16H2,2-3H3/t23-,24-,26-,27-/m1/s1. The Balaban J connectivity index is 1.13. The average Bonchev–Trinajstić information content (AvgIpc) is 3.74. The van der Waals surface area contributed by atoms with Crippen molar-refractivity contribution < 1.29 is 24.4 Å². The van der Waals surface area contributed by atoms with Gasteiger partial charge in [0.2, 0.25) is 0 Å². The van der Waals surface area contributed by atoms with Crippen molar-refractivity contribution in [3.05, 3.63) is 65.5 Å².